The average Bonchev–Trinajstić information content (AvgIpc) is 2.54. The van der Waals surface area contributed by atoms with Crippen molar-refractivity contribution in [3.63, 3.8) is 0 Å². The zero-order chi connectivity index (χ0) is 16.4. The Morgan fingerprint density at radius 1 is 0.870 bits per heavy atom. The molecule has 3 rings (SSSR count). The molecule has 5 heteroatoms. The number of amides is 1. The number of benzene rings is 3. The lowest BCUT2D eigenvalue weighted by atomic mass is 10.1. The van der Waals surface area contributed by atoms with Crippen molar-refractivity contribution in [2.45, 2.75) is 0 Å². The number of carbonyl (C=O) groups is 2. The molecular formula is C18H13NO4. The Kier molecular flexibility index (Phi) is 3.68. The monoisotopic (exact) mass is 307 g/mol. The van der Waals surface area contributed by atoms with E-state index in [1.54, 1.807) is 12.1 Å². The van der Waals surface area contributed by atoms with Crippen molar-refractivity contribution >= 4 is 28.3 Å². The molecule has 23 heavy (non-hydrogen) atoms. The molecule has 0 heterocycles. The summed E-state index contributed by atoms with van der Waals surface area (Å²) in [6, 6.07) is 16.9. The average molecular weight is 307 g/mol. The van der Waals surface area contributed by atoms with Crippen LogP contribution >= 0.6 is 0 Å². The summed E-state index contributed by atoms with van der Waals surface area (Å²) in [6.07, 6.45) is 0. The molecule has 0 aliphatic heterocycles. The first kappa shape index (κ1) is 14.6. The van der Waals surface area contributed by atoms with Crippen LogP contribution in [0.4, 0.5) is 5.69 Å². The Morgan fingerprint density at radius 3 is 2.30 bits per heavy atom. The van der Waals surface area contributed by atoms with E-state index in [0.717, 1.165) is 10.8 Å². The predicted molar refractivity (Wildman–Crippen MR) is 87.0 cm³/mol. The molecule has 3 aromatic rings. The number of hydrogen-bond donors (Lipinski definition) is 3. The molecule has 0 fully saturated rings. The van der Waals surface area contributed by atoms with Gasteiger partial charge >= 0.3 is 5.97 Å². The first-order valence-corrected chi connectivity index (χ1v) is 6.91. The van der Waals surface area contributed by atoms with E-state index in [1.807, 2.05) is 30.3 Å². The normalized spacial score (nSPS) is 10.4. The van der Waals surface area contributed by atoms with E-state index in [1.165, 1.54) is 18.2 Å². The minimum Gasteiger partial charge on any atom is -0.507 e. The van der Waals surface area contributed by atoms with Crippen LogP contribution in [0.25, 0.3) is 10.8 Å². The van der Waals surface area contributed by atoms with Crippen LogP contribution < -0.4 is 5.32 Å². The molecule has 0 spiro atoms. The fourth-order valence-corrected chi connectivity index (χ4v) is 2.32. The van der Waals surface area contributed by atoms with E-state index in [4.69, 9.17) is 5.11 Å². The minimum absolute atomic E-state index is 0.214. The van der Waals surface area contributed by atoms with Crippen LogP contribution in [0, 0.1) is 0 Å². The molecule has 0 saturated heterocycles. The topological polar surface area (TPSA) is 86.6 Å². The maximum Gasteiger partial charge on any atom is 0.339 e. The Labute approximate surface area is 131 Å². The van der Waals surface area contributed by atoms with Gasteiger partial charge in [0.25, 0.3) is 5.91 Å². The van der Waals surface area contributed by atoms with Gasteiger partial charge in [-0.2, -0.15) is 0 Å². The summed E-state index contributed by atoms with van der Waals surface area (Å²) < 4.78 is 0. The Bertz CT molecular complexity index is 918. The van der Waals surface area contributed by atoms with E-state index >= 15 is 0 Å². The van der Waals surface area contributed by atoms with Gasteiger partial charge in [0.15, 0.2) is 0 Å². The van der Waals surface area contributed by atoms with Crippen molar-refractivity contribution in [3.05, 3.63) is 71.8 Å². The number of aromatic hydroxyl groups is 1. The standard InChI is InChI=1S/C18H13NO4/c20-16-10-14(7-8-15(16)18(22)23)19-17(21)13-6-5-11-3-1-2-4-12(11)9-13/h1-10,20H,(H,19,21)(H,22,23). The summed E-state index contributed by atoms with van der Waals surface area (Å²) in [5, 5.41) is 23.1. The number of phenols is 1. The third-order valence-electron chi connectivity index (χ3n) is 3.50. The molecule has 0 saturated carbocycles. The van der Waals surface area contributed by atoms with Gasteiger partial charge in [0.05, 0.1) is 0 Å². The summed E-state index contributed by atoms with van der Waals surface area (Å²) >= 11 is 0. The van der Waals surface area contributed by atoms with Crippen molar-refractivity contribution in [1.29, 1.82) is 0 Å². The maximum absolute atomic E-state index is 12.3. The number of nitrogens with one attached hydrogen (secondary N) is 1. The van der Waals surface area contributed by atoms with Crippen LogP contribution in [0.2, 0.25) is 0 Å². The van der Waals surface area contributed by atoms with E-state index in [-0.39, 0.29) is 11.5 Å². The van der Waals surface area contributed by atoms with Crippen LogP contribution in [-0.4, -0.2) is 22.1 Å². The molecule has 0 aliphatic carbocycles. The second kappa shape index (κ2) is 5.81. The molecule has 1 amide bonds. The van der Waals surface area contributed by atoms with Gasteiger partial charge < -0.3 is 15.5 Å². The van der Waals surface area contributed by atoms with Gasteiger partial charge in [-0.25, -0.2) is 4.79 Å². The highest BCUT2D eigenvalue weighted by molar-refractivity contribution is 6.06. The fraction of sp³-hybridized carbons (Fsp3) is 0. The zero-order valence-corrected chi connectivity index (χ0v) is 12.0. The van der Waals surface area contributed by atoms with Crippen molar-refractivity contribution in [2.75, 3.05) is 5.32 Å². The van der Waals surface area contributed by atoms with Gasteiger partial charge in [0, 0.05) is 17.3 Å². The van der Waals surface area contributed by atoms with Gasteiger partial charge in [-0.15, -0.1) is 0 Å². The van der Waals surface area contributed by atoms with E-state index in [0.29, 0.717) is 11.3 Å². The number of anilines is 1. The molecule has 114 valence electrons. The molecular weight excluding hydrogens is 294 g/mol. The predicted octanol–water partition coefficient (Wildman–Crippen LogP) is 3.50. The number of carboxylic acid groups (broad SMARTS) is 1. The third-order valence-corrected chi connectivity index (χ3v) is 3.50. The maximum atomic E-state index is 12.3. The lowest BCUT2D eigenvalue weighted by Gasteiger charge is -2.08. The molecule has 5 nitrogen and oxygen atoms in total. The summed E-state index contributed by atoms with van der Waals surface area (Å²) in [4.78, 5) is 23.1. The SMILES string of the molecule is O=C(Nc1ccc(C(=O)O)c(O)c1)c1ccc2ccccc2c1. The summed E-state index contributed by atoms with van der Waals surface area (Å²) in [6.45, 7) is 0. The van der Waals surface area contributed by atoms with Gasteiger partial charge in [-0.1, -0.05) is 30.3 Å². The lowest BCUT2D eigenvalue weighted by Crippen LogP contribution is -2.12. The van der Waals surface area contributed by atoms with Gasteiger partial charge in [-0.05, 0) is 35.0 Å². The number of aromatic carboxylic acids is 1. The van der Waals surface area contributed by atoms with Crippen LogP contribution in [0.15, 0.2) is 60.7 Å². The number of fused-ring (bicyclic) bond motifs is 1. The summed E-state index contributed by atoms with van der Waals surface area (Å²) in [5.74, 6) is -1.96. The molecule has 3 N–H and O–H groups in total. The highest BCUT2D eigenvalue weighted by Crippen LogP contribution is 2.23. The smallest absolute Gasteiger partial charge is 0.339 e. The van der Waals surface area contributed by atoms with E-state index in [2.05, 4.69) is 5.32 Å². The first-order valence-electron chi connectivity index (χ1n) is 6.91. The van der Waals surface area contributed by atoms with Gasteiger partial charge in [0.2, 0.25) is 0 Å². The molecule has 0 atom stereocenters. The lowest BCUT2D eigenvalue weighted by molar-refractivity contribution is 0.0693. The molecule has 0 radical (unpaired) electrons. The fourth-order valence-electron chi connectivity index (χ4n) is 2.32. The quantitative estimate of drug-likeness (QED) is 0.691. The van der Waals surface area contributed by atoms with Crippen molar-refractivity contribution in [3.8, 4) is 5.75 Å². The van der Waals surface area contributed by atoms with Gasteiger partial charge in [0.1, 0.15) is 11.3 Å². The van der Waals surface area contributed by atoms with Crippen molar-refractivity contribution in [1.82, 2.24) is 0 Å². The second-order valence-corrected chi connectivity index (χ2v) is 5.05. The third kappa shape index (κ3) is 2.98. The van der Waals surface area contributed by atoms with Crippen molar-refractivity contribution < 1.29 is 19.8 Å². The number of carboxylic acids is 1. The highest BCUT2D eigenvalue weighted by Gasteiger charge is 2.12. The van der Waals surface area contributed by atoms with Crippen molar-refractivity contribution in [2.24, 2.45) is 0 Å². The van der Waals surface area contributed by atoms with Crippen LogP contribution in [0.5, 0.6) is 5.75 Å². The number of hydrogen-bond acceptors (Lipinski definition) is 3. The second-order valence-electron chi connectivity index (χ2n) is 5.05. The van der Waals surface area contributed by atoms with Crippen LogP contribution in [0.1, 0.15) is 20.7 Å². The Balaban J connectivity index is 1.85. The Hall–Kier alpha value is -3.34. The summed E-state index contributed by atoms with van der Waals surface area (Å²) in [7, 11) is 0. The van der Waals surface area contributed by atoms with Crippen LogP contribution in [-0.2, 0) is 0 Å². The first-order chi connectivity index (χ1) is 11.0. The molecule has 3 aromatic carbocycles. The Morgan fingerprint density at radius 2 is 1.61 bits per heavy atom. The molecule has 0 bridgehead atoms. The highest BCUT2D eigenvalue weighted by atomic mass is 16.4. The molecule has 0 aliphatic rings. The van der Waals surface area contributed by atoms with Gasteiger partial charge in [-0.3, -0.25) is 4.79 Å². The minimum atomic E-state index is -1.23. The summed E-state index contributed by atoms with van der Waals surface area (Å²) in [5.41, 5.74) is 0.588. The number of carbonyl (C=O) groups excluding carboxylic acids is 1. The molecule has 0 unspecified atom stereocenters. The molecule has 0 aromatic heterocycles. The largest absolute Gasteiger partial charge is 0.507 e. The zero-order valence-electron chi connectivity index (χ0n) is 12.0. The number of rotatable bonds is 3. The van der Waals surface area contributed by atoms with E-state index < -0.39 is 11.7 Å². The van der Waals surface area contributed by atoms with Crippen LogP contribution in [0.3, 0.4) is 0 Å². The van der Waals surface area contributed by atoms with E-state index in [9.17, 15) is 14.7 Å².